The highest BCUT2D eigenvalue weighted by Gasteiger charge is 2.32. The van der Waals surface area contributed by atoms with Crippen LogP contribution in [0.2, 0.25) is 0 Å². The molecule has 0 amide bonds. The molecule has 0 saturated carbocycles. The lowest BCUT2D eigenvalue weighted by Crippen LogP contribution is -2.20. The second-order valence-electron chi connectivity index (χ2n) is 31.1. The van der Waals surface area contributed by atoms with Crippen molar-refractivity contribution in [1.82, 2.24) is 39.9 Å². The first kappa shape index (κ1) is 68.5. The third-order valence-electron chi connectivity index (χ3n) is 22.4. The van der Waals surface area contributed by atoms with Crippen LogP contribution in [-0.4, -0.2) is 46.2 Å². The van der Waals surface area contributed by atoms with E-state index in [1.165, 1.54) is 16.7 Å². The van der Waals surface area contributed by atoms with Crippen LogP contribution in [0.15, 0.2) is 152 Å². The Morgan fingerprint density at radius 3 is 0.940 bits per heavy atom. The van der Waals surface area contributed by atoms with E-state index >= 15 is 0 Å². The van der Waals surface area contributed by atoms with E-state index in [0.717, 1.165) is 123 Å². The fourth-order valence-corrected chi connectivity index (χ4v) is 13.0. The molecule has 13 heteroatoms. The van der Waals surface area contributed by atoms with Gasteiger partial charge in [-0.2, -0.15) is 0 Å². The molecular formula is C87H94N8O5. The maximum Gasteiger partial charge on any atom is 0.164 e. The zero-order valence-electron chi connectivity index (χ0n) is 61.5. The minimum absolute atomic E-state index is 0.0201. The smallest absolute Gasteiger partial charge is 0.164 e. The second-order valence-corrected chi connectivity index (χ2v) is 31.1. The highest BCUT2D eigenvalue weighted by molar-refractivity contribution is 6.07. The van der Waals surface area contributed by atoms with Gasteiger partial charge in [-0.1, -0.05) is 161 Å². The number of fused-ring (bicyclic) bond motifs is 20. The summed E-state index contributed by atoms with van der Waals surface area (Å²) in [6, 6.07) is 51.0. The molecule has 0 spiro atoms. The van der Waals surface area contributed by atoms with Crippen molar-refractivity contribution in [3.63, 3.8) is 0 Å². The molecule has 13 rings (SSSR count). The summed E-state index contributed by atoms with van der Waals surface area (Å²) in [6.07, 6.45) is 6.56. The van der Waals surface area contributed by atoms with Gasteiger partial charge in [0, 0.05) is 66.1 Å². The summed E-state index contributed by atoms with van der Waals surface area (Å²) in [7, 11) is 0. The highest BCUT2D eigenvalue weighted by Crippen LogP contribution is 2.48. The maximum atomic E-state index is 11.7. The Balaban J connectivity index is 1.05. The lowest BCUT2D eigenvalue weighted by molar-refractivity contribution is 0.112. The lowest BCUT2D eigenvalue weighted by Gasteiger charge is -2.30. The van der Waals surface area contributed by atoms with Crippen LogP contribution in [0.1, 0.15) is 207 Å². The number of hydrogen-bond acceptors (Lipinski definition) is 11. The molecule has 3 aromatic heterocycles. The zero-order valence-corrected chi connectivity index (χ0v) is 61.5. The van der Waals surface area contributed by atoms with Crippen LogP contribution in [0, 0.1) is 0 Å². The molecule has 5 heterocycles. The molecule has 0 radical (unpaired) electrons. The van der Waals surface area contributed by atoms with Crippen molar-refractivity contribution in [3.05, 3.63) is 191 Å². The first-order chi connectivity index (χ1) is 47.6. The number of carbonyl (C=O) groups is 1. The largest absolute Gasteiger partial charge is 0.457 e. The van der Waals surface area contributed by atoms with E-state index in [0.29, 0.717) is 80.2 Å². The summed E-state index contributed by atoms with van der Waals surface area (Å²) in [4.78, 5) is 51.7. The molecule has 2 aliphatic heterocycles. The number of ether oxygens (including phenoxy) is 4. The van der Waals surface area contributed by atoms with Crippen LogP contribution >= 0.6 is 0 Å². The van der Waals surface area contributed by atoms with Gasteiger partial charge in [0.15, 0.2) is 23.3 Å². The Kier molecular flexibility index (Phi) is 17.8. The number of aldehydes is 1. The molecule has 0 aliphatic carbocycles. The Morgan fingerprint density at radius 1 is 0.300 bits per heavy atom. The van der Waals surface area contributed by atoms with Crippen LogP contribution in [0.3, 0.4) is 0 Å². The number of aromatic amines is 2. The van der Waals surface area contributed by atoms with Crippen molar-refractivity contribution in [2.75, 3.05) is 0 Å². The van der Waals surface area contributed by atoms with Gasteiger partial charge in [-0.3, -0.25) is 4.79 Å². The Bertz CT molecular complexity index is 5120. The molecule has 2 aliphatic rings. The molecule has 8 bridgehead atoms. The van der Waals surface area contributed by atoms with Crippen molar-refractivity contribution in [3.8, 4) is 91.5 Å². The van der Waals surface area contributed by atoms with Gasteiger partial charge in [-0.15, -0.1) is 0 Å². The Morgan fingerprint density at radius 2 is 0.600 bits per heavy atom. The van der Waals surface area contributed by atoms with Gasteiger partial charge in [0.1, 0.15) is 74.9 Å². The number of H-pyrrole nitrogens is 2. The van der Waals surface area contributed by atoms with Gasteiger partial charge in [0.05, 0.1) is 0 Å². The first-order valence-corrected chi connectivity index (χ1v) is 35.7. The third-order valence-corrected chi connectivity index (χ3v) is 22.4. The van der Waals surface area contributed by atoms with E-state index in [9.17, 15) is 4.79 Å². The molecule has 0 atom stereocenters. The van der Waals surface area contributed by atoms with E-state index in [1.54, 1.807) is 24.3 Å². The van der Waals surface area contributed by atoms with Gasteiger partial charge < -0.3 is 28.9 Å². The third kappa shape index (κ3) is 12.9. The molecular weight excluding hydrogens is 1240 g/mol. The van der Waals surface area contributed by atoms with Crippen LogP contribution in [0.5, 0.6) is 46.0 Å². The fraction of sp³-hybridized carbons (Fsp3) is 0.345. The average molecular weight is 1330 g/mol. The molecule has 512 valence electrons. The summed E-state index contributed by atoms with van der Waals surface area (Å²) in [5.74, 6) is 7.08. The number of benzene rings is 8. The van der Waals surface area contributed by atoms with Crippen LogP contribution in [-0.2, 0) is 32.5 Å². The van der Waals surface area contributed by atoms with Gasteiger partial charge >= 0.3 is 0 Å². The number of nitrogens with zero attached hydrogens (tertiary/aromatic N) is 6. The molecule has 0 unspecified atom stereocenters. The monoisotopic (exact) mass is 1330 g/mol. The molecule has 0 saturated heterocycles. The zero-order chi connectivity index (χ0) is 71.0. The van der Waals surface area contributed by atoms with Gasteiger partial charge in [0.2, 0.25) is 0 Å². The maximum absolute atomic E-state index is 11.7. The first-order valence-electron chi connectivity index (χ1n) is 35.7. The van der Waals surface area contributed by atoms with E-state index in [-0.39, 0.29) is 32.5 Å². The molecule has 11 aromatic rings. The second kappa shape index (κ2) is 25.9. The summed E-state index contributed by atoms with van der Waals surface area (Å²) >= 11 is 0. The number of nitrogens with one attached hydrogen (secondary N) is 2. The minimum atomic E-state index is -0.184. The van der Waals surface area contributed by atoms with Gasteiger partial charge in [-0.05, 0) is 203 Å². The summed E-state index contributed by atoms with van der Waals surface area (Å²) in [5, 5.41) is 3.03. The molecule has 13 nitrogen and oxygen atoms in total. The standard InChI is InChI=1S/C87H94N8O5/c1-19-82(7,8)52-27-40-71(68(43-52)85(13,14)22-4)98-57-33-37-61-65(47-57)80-91-75(61)89-78-64-46-56(97-55-30-25-51(50-96)26-31-55)32-36-60(64)74(88-78)90-79-66-48-58(99-72-41-28-53(83(9,10)20-2)44-69(72)86(15,16)23-5)34-38-62(66)76(92-79)94-81-67-49-59(35-39-63(67)77(93-80)95-81)100-73-42-29-54(84(11,12)21-3)45-70(73)87(17,18)24-6/h25-50H,19-24H2,1-18H3,(H2,88,89,90,91,92,93,94,95). The van der Waals surface area contributed by atoms with Gasteiger partial charge in [-0.25, -0.2) is 29.9 Å². The highest BCUT2D eigenvalue weighted by atomic mass is 16.5. The van der Waals surface area contributed by atoms with Crippen molar-refractivity contribution < 1.29 is 23.7 Å². The number of rotatable bonds is 21. The van der Waals surface area contributed by atoms with E-state index < -0.39 is 0 Å². The van der Waals surface area contributed by atoms with Crippen molar-refractivity contribution in [2.45, 2.75) is 196 Å². The van der Waals surface area contributed by atoms with Gasteiger partial charge in [0.25, 0.3) is 0 Å². The van der Waals surface area contributed by atoms with E-state index in [4.69, 9.17) is 48.9 Å². The Hall–Kier alpha value is -10.0. The number of aromatic nitrogens is 8. The predicted octanol–water partition coefficient (Wildman–Crippen LogP) is 24.0. The summed E-state index contributed by atoms with van der Waals surface area (Å²) in [5.41, 5.74) is 12.2. The molecule has 0 fully saturated rings. The minimum Gasteiger partial charge on any atom is -0.457 e. The summed E-state index contributed by atoms with van der Waals surface area (Å²) in [6.45, 7) is 40.9. The van der Waals surface area contributed by atoms with Crippen molar-refractivity contribution >= 4 is 50.4 Å². The molecule has 100 heavy (non-hydrogen) atoms. The normalized spacial score (nSPS) is 12.8. The van der Waals surface area contributed by atoms with Crippen LogP contribution < -0.4 is 18.9 Å². The topological polar surface area (TPSA) is 163 Å². The molecule has 8 aromatic carbocycles. The molecule has 2 N–H and O–H groups in total. The van der Waals surface area contributed by atoms with Crippen LogP contribution in [0.25, 0.3) is 89.7 Å². The fourth-order valence-electron chi connectivity index (χ4n) is 13.0. The predicted molar refractivity (Wildman–Crippen MR) is 407 cm³/mol. The number of carbonyl (C=O) groups excluding carboxylic acids is 1. The van der Waals surface area contributed by atoms with E-state index in [2.05, 4.69) is 189 Å². The van der Waals surface area contributed by atoms with Crippen molar-refractivity contribution in [2.24, 2.45) is 0 Å². The van der Waals surface area contributed by atoms with E-state index in [1.807, 2.05) is 72.8 Å². The van der Waals surface area contributed by atoms with Crippen LogP contribution in [0.4, 0.5) is 0 Å². The average Bonchev–Trinajstić information content (AvgIpc) is 1.51. The quantitative estimate of drug-likeness (QED) is 0.0658. The Labute approximate surface area is 588 Å². The summed E-state index contributed by atoms with van der Waals surface area (Å²) < 4.78 is 27.7. The lowest BCUT2D eigenvalue weighted by atomic mass is 9.76. The SMILES string of the molecule is CCC(C)(C)c1ccc(Oc2ccc3c(c2)-c2nc-3nc3[nH]c(nc4nc(nc5[nH]c(n2)c2ccc(Oc6ccc(C=O)cc6)cc52)-c2ccc(Oc5ccc(C(C)(C)CC)cc5C(C)(C)CC)cc2-4)c2ccc(Oc4ccc(C(C)(C)CC)cc4C(C)(C)CC)cc32)c(C(C)(C)CC)c1. The van der Waals surface area contributed by atoms with Crippen molar-refractivity contribution in [1.29, 1.82) is 0 Å². The number of hydrogen-bond donors (Lipinski definition) is 2.